The largest absolute Gasteiger partial charge is 0.508 e. The SMILES string of the molecule is C[S@](=N)(=O)c1ccc(O)cc1. The summed E-state index contributed by atoms with van der Waals surface area (Å²) < 4.78 is 18.3. The fourth-order valence-corrected chi connectivity index (χ4v) is 1.36. The van der Waals surface area contributed by atoms with E-state index in [2.05, 4.69) is 0 Å². The molecular formula is C7H9NO2S. The Kier molecular flexibility index (Phi) is 1.87. The Labute approximate surface area is 65.7 Å². The topological polar surface area (TPSA) is 61.2 Å². The Morgan fingerprint density at radius 2 is 1.82 bits per heavy atom. The molecule has 0 fully saturated rings. The van der Waals surface area contributed by atoms with Gasteiger partial charge in [-0.1, -0.05) is 0 Å². The summed E-state index contributed by atoms with van der Waals surface area (Å²) in [4.78, 5) is 0.440. The van der Waals surface area contributed by atoms with E-state index in [1.54, 1.807) is 0 Å². The summed E-state index contributed by atoms with van der Waals surface area (Å²) in [5.41, 5.74) is 0. The van der Waals surface area contributed by atoms with Crippen molar-refractivity contribution in [1.82, 2.24) is 0 Å². The van der Waals surface area contributed by atoms with Crippen molar-refractivity contribution < 1.29 is 9.32 Å². The van der Waals surface area contributed by atoms with E-state index < -0.39 is 9.73 Å². The van der Waals surface area contributed by atoms with Crippen molar-refractivity contribution in [2.24, 2.45) is 0 Å². The molecule has 1 aromatic carbocycles. The average molecular weight is 171 g/mol. The maximum absolute atomic E-state index is 11.1. The number of nitrogens with one attached hydrogen (secondary N) is 1. The van der Waals surface area contributed by atoms with E-state index in [-0.39, 0.29) is 5.75 Å². The van der Waals surface area contributed by atoms with Gasteiger partial charge in [-0.05, 0) is 24.3 Å². The van der Waals surface area contributed by atoms with Crippen molar-refractivity contribution >= 4 is 9.73 Å². The van der Waals surface area contributed by atoms with E-state index in [9.17, 15) is 4.21 Å². The smallest absolute Gasteiger partial charge is 0.115 e. The number of hydrogen-bond acceptors (Lipinski definition) is 3. The zero-order valence-electron chi connectivity index (χ0n) is 6.07. The lowest BCUT2D eigenvalue weighted by Crippen LogP contribution is -1.92. The van der Waals surface area contributed by atoms with E-state index >= 15 is 0 Å². The molecule has 0 radical (unpaired) electrons. The molecule has 11 heavy (non-hydrogen) atoms. The minimum absolute atomic E-state index is 0.123. The zero-order chi connectivity index (χ0) is 8.48. The van der Waals surface area contributed by atoms with Gasteiger partial charge in [-0.15, -0.1) is 0 Å². The van der Waals surface area contributed by atoms with Crippen molar-refractivity contribution in [2.75, 3.05) is 6.26 Å². The van der Waals surface area contributed by atoms with Crippen molar-refractivity contribution in [3.05, 3.63) is 24.3 Å². The maximum atomic E-state index is 11.1. The van der Waals surface area contributed by atoms with Crippen LogP contribution < -0.4 is 0 Å². The molecule has 0 bridgehead atoms. The molecule has 0 aromatic heterocycles. The van der Waals surface area contributed by atoms with E-state index in [1.165, 1.54) is 30.5 Å². The molecule has 1 atom stereocenters. The fourth-order valence-electron chi connectivity index (χ4n) is 0.706. The Morgan fingerprint density at radius 3 is 2.18 bits per heavy atom. The number of aromatic hydroxyl groups is 1. The Bertz CT molecular complexity index is 339. The average Bonchev–Trinajstić information content (AvgIpc) is 1.86. The van der Waals surface area contributed by atoms with Gasteiger partial charge in [0.05, 0.1) is 9.73 Å². The second-order valence-electron chi connectivity index (χ2n) is 2.34. The first-order chi connectivity index (χ1) is 5.00. The highest BCUT2D eigenvalue weighted by Gasteiger charge is 2.00. The van der Waals surface area contributed by atoms with Crippen LogP contribution in [0.4, 0.5) is 0 Å². The normalized spacial score (nSPS) is 15.7. The quantitative estimate of drug-likeness (QED) is 0.671. The van der Waals surface area contributed by atoms with Crippen LogP contribution in [0.5, 0.6) is 5.75 Å². The molecule has 3 nitrogen and oxygen atoms in total. The monoisotopic (exact) mass is 171 g/mol. The standard InChI is InChI=1S/C7H9NO2S/c1-11(8,10)7-4-2-6(9)3-5-7/h2-5,8-9H,1H3/t11-/m0/s1. The predicted octanol–water partition coefficient (Wildman–Crippen LogP) is 1.43. The van der Waals surface area contributed by atoms with Crippen LogP contribution >= 0.6 is 0 Å². The lowest BCUT2D eigenvalue weighted by molar-refractivity contribution is 0.475. The molecule has 1 rings (SSSR count). The highest BCUT2D eigenvalue weighted by Crippen LogP contribution is 2.13. The molecule has 4 heteroatoms. The summed E-state index contributed by atoms with van der Waals surface area (Å²) in [5, 5.41) is 8.87. The molecule has 0 aliphatic heterocycles. The van der Waals surface area contributed by atoms with Gasteiger partial charge in [-0.3, -0.25) is 0 Å². The summed E-state index contributed by atoms with van der Waals surface area (Å²) >= 11 is 0. The summed E-state index contributed by atoms with van der Waals surface area (Å²) in [7, 11) is -2.63. The first kappa shape index (κ1) is 8.07. The maximum Gasteiger partial charge on any atom is 0.115 e. The zero-order valence-corrected chi connectivity index (χ0v) is 6.89. The first-order valence-corrected chi connectivity index (χ1v) is 4.99. The van der Waals surface area contributed by atoms with E-state index in [0.717, 1.165) is 0 Å². The summed E-state index contributed by atoms with van der Waals surface area (Å²) in [6.07, 6.45) is 1.35. The van der Waals surface area contributed by atoms with Gasteiger partial charge in [-0.25, -0.2) is 8.99 Å². The van der Waals surface area contributed by atoms with Gasteiger partial charge in [0, 0.05) is 11.2 Å². The van der Waals surface area contributed by atoms with Crippen molar-refractivity contribution in [1.29, 1.82) is 4.78 Å². The minimum atomic E-state index is -2.63. The van der Waals surface area contributed by atoms with E-state index in [1.807, 2.05) is 0 Å². The molecule has 0 aliphatic carbocycles. The van der Waals surface area contributed by atoms with Crippen LogP contribution in [0.3, 0.4) is 0 Å². The number of phenolic OH excluding ortho intramolecular Hbond substituents is 1. The van der Waals surface area contributed by atoms with Gasteiger partial charge in [0.1, 0.15) is 5.75 Å². The third kappa shape index (κ3) is 1.94. The lowest BCUT2D eigenvalue weighted by Gasteiger charge is -1.99. The van der Waals surface area contributed by atoms with Crippen LogP contribution in [0.2, 0.25) is 0 Å². The van der Waals surface area contributed by atoms with Crippen LogP contribution in [0, 0.1) is 4.78 Å². The number of phenols is 1. The van der Waals surface area contributed by atoms with Crippen LogP contribution in [0.1, 0.15) is 0 Å². The Balaban J connectivity index is 3.20. The van der Waals surface area contributed by atoms with E-state index in [0.29, 0.717) is 4.90 Å². The summed E-state index contributed by atoms with van der Waals surface area (Å²) in [5.74, 6) is 0.123. The summed E-state index contributed by atoms with van der Waals surface area (Å²) in [6, 6.07) is 5.83. The number of rotatable bonds is 1. The summed E-state index contributed by atoms with van der Waals surface area (Å²) in [6.45, 7) is 0. The number of hydrogen-bond donors (Lipinski definition) is 2. The Morgan fingerprint density at radius 1 is 1.36 bits per heavy atom. The van der Waals surface area contributed by atoms with Gasteiger partial charge in [-0.2, -0.15) is 0 Å². The molecule has 0 heterocycles. The second kappa shape index (κ2) is 2.54. The van der Waals surface area contributed by atoms with Crippen LogP contribution in [-0.2, 0) is 9.73 Å². The minimum Gasteiger partial charge on any atom is -0.508 e. The highest BCUT2D eigenvalue weighted by atomic mass is 32.2. The van der Waals surface area contributed by atoms with Crippen LogP contribution in [0.25, 0.3) is 0 Å². The lowest BCUT2D eigenvalue weighted by atomic mass is 10.3. The molecule has 2 N–H and O–H groups in total. The van der Waals surface area contributed by atoms with Crippen molar-refractivity contribution in [2.45, 2.75) is 4.90 Å². The van der Waals surface area contributed by atoms with Gasteiger partial charge in [0.2, 0.25) is 0 Å². The first-order valence-electron chi connectivity index (χ1n) is 3.03. The van der Waals surface area contributed by atoms with E-state index in [4.69, 9.17) is 9.89 Å². The predicted molar refractivity (Wildman–Crippen MR) is 43.2 cm³/mol. The van der Waals surface area contributed by atoms with Gasteiger partial charge < -0.3 is 5.11 Å². The molecule has 0 amide bonds. The van der Waals surface area contributed by atoms with Gasteiger partial charge in [0.15, 0.2) is 0 Å². The van der Waals surface area contributed by atoms with Crippen molar-refractivity contribution in [3.8, 4) is 5.75 Å². The molecule has 1 aromatic rings. The Hall–Kier alpha value is -1.03. The number of benzene rings is 1. The van der Waals surface area contributed by atoms with Gasteiger partial charge >= 0.3 is 0 Å². The molecular weight excluding hydrogens is 162 g/mol. The molecule has 0 saturated carbocycles. The molecule has 0 saturated heterocycles. The van der Waals surface area contributed by atoms with Crippen LogP contribution in [0.15, 0.2) is 29.2 Å². The second-order valence-corrected chi connectivity index (χ2v) is 4.50. The molecule has 0 spiro atoms. The van der Waals surface area contributed by atoms with Crippen molar-refractivity contribution in [3.63, 3.8) is 0 Å². The third-order valence-electron chi connectivity index (χ3n) is 1.29. The molecule has 0 aliphatic rings. The highest BCUT2D eigenvalue weighted by molar-refractivity contribution is 7.91. The fraction of sp³-hybridized carbons (Fsp3) is 0.143. The van der Waals surface area contributed by atoms with Gasteiger partial charge in [0.25, 0.3) is 0 Å². The third-order valence-corrected chi connectivity index (χ3v) is 2.46. The molecule has 60 valence electrons. The van der Waals surface area contributed by atoms with Crippen LogP contribution in [-0.4, -0.2) is 15.6 Å². The molecule has 0 unspecified atom stereocenters.